The van der Waals surface area contributed by atoms with Gasteiger partial charge in [0.05, 0.1) is 6.26 Å². The highest BCUT2D eigenvalue weighted by Gasteiger charge is 2.58. The Morgan fingerprint density at radius 1 is 1.25 bits per heavy atom. The van der Waals surface area contributed by atoms with Crippen LogP contribution in [0.25, 0.3) is 12.2 Å². The normalized spacial score (nSPS) is 24.9. The molecule has 1 aromatic heterocycles. The monoisotopic (exact) mass is 270 g/mol. The van der Waals surface area contributed by atoms with E-state index in [2.05, 4.69) is 0 Å². The molecule has 1 fully saturated rings. The van der Waals surface area contributed by atoms with E-state index < -0.39 is 17.7 Å². The molecule has 2 heterocycles. The summed E-state index contributed by atoms with van der Waals surface area (Å²) in [5.41, 5.74) is 1.19. The van der Waals surface area contributed by atoms with Gasteiger partial charge < -0.3 is 14.3 Å². The van der Waals surface area contributed by atoms with Gasteiger partial charge >= 0.3 is 5.97 Å². The summed E-state index contributed by atoms with van der Waals surface area (Å²) in [5, 5.41) is 8.95. The highest BCUT2D eigenvalue weighted by molar-refractivity contribution is 5.78. The van der Waals surface area contributed by atoms with Gasteiger partial charge in [-0.1, -0.05) is 30.3 Å². The number of hydrogen-bond donors (Lipinski definition) is 1. The Bertz CT molecular complexity index is 640. The fourth-order valence-electron chi connectivity index (χ4n) is 2.21. The van der Waals surface area contributed by atoms with Gasteiger partial charge in [-0.2, -0.15) is 0 Å². The van der Waals surface area contributed by atoms with E-state index >= 15 is 0 Å². The summed E-state index contributed by atoms with van der Waals surface area (Å²) in [4.78, 5) is 10.9. The van der Waals surface area contributed by atoms with Crippen LogP contribution in [0.3, 0.4) is 0 Å². The van der Waals surface area contributed by atoms with Crippen molar-refractivity contribution in [1.29, 1.82) is 0 Å². The van der Waals surface area contributed by atoms with E-state index in [0.717, 1.165) is 16.9 Å². The lowest BCUT2D eigenvalue weighted by molar-refractivity contribution is -0.138. The van der Waals surface area contributed by atoms with E-state index in [9.17, 15) is 4.79 Å². The quantitative estimate of drug-likeness (QED) is 0.867. The van der Waals surface area contributed by atoms with Gasteiger partial charge in [0.1, 0.15) is 11.4 Å². The molecule has 0 radical (unpaired) electrons. The molecule has 102 valence electrons. The summed E-state index contributed by atoms with van der Waals surface area (Å²) in [6, 6.07) is 11.4. The number of benzene rings is 1. The van der Waals surface area contributed by atoms with Crippen LogP contribution in [0, 0.1) is 0 Å². The topological polar surface area (TPSA) is 63.0 Å². The van der Waals surface area contributed by atoms with Crippen LogP contribution < -0.4 is 0 Å². The van der Waals surface area contributed by atoms with Gasteiger partial charge in [-0.15, -0.1) is 0 Å². The highest BCUT2D eigenvalue weighted by atomic mass is 16.6. The van der Waals surface area contributed by atoms with Crippen molar-refractivity contribution in [3.05, 3.63) is 59.5 Å². The minimum absolute atomic E-state index is 0.699. The van der Waals surface area contributed by atoms with Crippen molar-refractivity contribution in [3.8, 4) is 0 Å². The van der Waals surface area contributed by atoms with Crippen molar-refractivity contribution in [1.82, 2.24) is 0 Å². The molecule has 1 N–H and O–H groups in total. The first kappa shape index (κ1) is 12.7. The second-order valence-corrected chi connectivity index (χ2v) is 4.91. The Balaban J connectivity index is 1.74. The van der Waals surface area contributed by atoms with Crippen LogP contribution in [-0.4, -0.2) is 17.2 Å². The lowest BCUT2D eigenvalue weighted by atomic mass is 9.96. The molecule has 0 bridgehead atoms. The third-order valence-electron chi connectivity index (χ3n) is 3.50. The number of carbonyl (C=O) groups is 1. The van der Waals surface area contributed by atoms with Gasteiger partial charge in [-0.05, 0) is 36.3 Å². The zero-order chi connectivity index (χ0) is 14.2. The number of carboxylic acids is 1. The largest absolute Gasteiger partial charge is 0.479 e. The lowest BCUT2D eigenvalue weighted by Gasteiger charge is -2.06. The first-order valence-corrected chi connectivity index (χ1v) is 6.32. The van der Waals surface area contributed by atoms with Crippen molar-refractivity contribution in [2.45, 2.75) is 18.6 Å². The molecule has 0 saturated carbocycles. The molecular formula is C16H14O4. The fraction of sp³-hybridized carbons (Fsp3) is 0.188. The Morgan fingerprint density at radius 2 is 2.00 bits per heavy atom. The molecule has 0 amide bonds. The average Bonchev–Trinajstić information content (AvgIpc) is 2.90. The molecule has 1 saturated heterocycles. The Morgan fingerprint density at radius 3 is 2.55 bits per heavy atom. The Kier molecular flexibility index (Phi) is 2.95. The number of epoxide rings is 1. The van der Waals surface area contributed by atoms with E-state index in [-0.39, 0.29) is 0 Å². The number of ether oxygens (including phenoxy) is 1. The van der Waals surface area contributed by atoms with Crippen molar-refractivity contribution < 1.29 is 19.1 Å². The molecule has 2 aromatic rings. The number of carboxylic acid groups (broad SMARTS) is 1. The summed E-state index contributed by atoms with van der Waals surface area (Å²) in [6.45, 7) is 1.79. The van der Waals surface area contributed by atoms with E-state index in [1.54, 1.807) is 13.2 Å². The standard InChI is InChI=1S/C16H14O4/c1-16(14(20-16)15(17)18)12-7-4-11(5-8-12)6-9-13-3-2-10-19-13/h2-10,14H,1H3,(H,17,18)/b9-6+. The summed E-state index contributed by atoms with van der Waals surface area (Å²) in [7, 11) is 0. The van der Waals surface area contributed by atoms with Crippen molar-refractivity contribution in [3.63, 3.8) is 0 Å². The zero-order valence-electron chi connectivity index (χ0n) is 10.9. The molecule has 1 aliphatic heterocycles. The van der Waals surface area contributed by atoms with Crippen LogP contribution in [0.15, 0.2) is 47.1 Å². The maximum atomic E-state index is 10.9. The molecular weight excluding hydrogens is 256 g/mol. The summed E-state index contributed by atoms with van der Waals surface area (Å²) in [6.07, 6.45) is 4.70. The first-order chi connectivity index (χ1) is 9.59. The Labute approximate surface area is 116 Å². The first-order valence-electron chi connectivity index (χ1n) is 6.32. The zero-order valence-corrected chi connectivity index (χ0v) is 10.9. The van der Waals surface area contributed by atoms with Crippen LogP contribution in [0.5, 0.6) is 0 Å². The van der Waals surface area contributed by atoms with Crippen LogP contribution >= 0.6 is 0 Å². The fourth-order valence-corrected chi connectivity index (χ4v) is 2.21. The van der Waals surface area contributed by atoms with Crippen LogP contribution in [0.2, 0.25) is 0 Å². The molecule has 1 aliphatic rings. The second kappa shape index (κ2) is 4.65. The van der Waals surface area contributed by atoms with Crippen molar-refractivity contribution >= 4 is 18.1 Å². The minimum atomic E-state index is -0.922. The third kappa shape index (κ3) is 2.26. The van der Waals surface area contributed by atoms with Gasteiger partial charge in [0.25, 0.3) is 0 Å². The molecule has 4 nitrogen and oxygen atoms in total. The molecule has 2 unspecified atom stereocenters. The number of hydrogen-bond acceptors (Lipinski definition) is 3. The van der Waals surface area contributed by atoms with Gasteiger partial charge in [0.2, 0.25) is 0 Å². The highest BCUT2D eigenvalue weighted by Crippen LogP contribution is 2.45. The van der Waals surface area contributed by atoms with Gasteiger partial charge in [0.15, 0.2) is 6.10 Å². The molecule has 0 spiro atoms. The molecule has 1 aromatic carbocycles. The molecule has 3 rings (SSSR count). The average molecular weight is 270 g/mol. The van der Waals surface area contributed by atoms with Gasteiger partial charge in [0, 0.05) is 0 Å². The molecule has 2 atom stereocenters. The lowest BCUT2D eigenvalue weighted by Crippen LogP contribution is -2.15. The SMILES string of the molecule is CC1(c2ccc(/C=C/c3ccco3)cc2)OC1C(=O)O. The van der Waals surface area contributed by atoms with Crippen LogP contribution in [-0.2, 0) is 15.1 Å². The maximum Gasteiger partial charge on any atom is 0.336 e. The van der Waals surface area contributed by atoms with E-state index in [4.69, 9.17) is 14.3 Å². The van der Waals surface area contributed by atoms with Crippen LogP contribution in [0.1, 0.15) is 23.8 Å². The number of rotatable bonds is 4. The third-order valence-corrected chi connectivity index (χ3v) is 3.50. The predicted octanol–water partition coefficient (Wildman–Crippen LogP) is 3.15. The van der Waals surface area contributed by atoms with E-state index in [1.165, 1.54) is 0 Å². The summed E-state index contributed by atoms with van der Waals surface area (Å²) >= 11 is 0. The summed E-state index contributed by atoms with van der Waals surface area (Å²) < 4.78 is 10.5. The predicted molar refractivity (Wildman–Crippen MR) is 73.9 cm³/mol. The summed E-state index contributed by atoms with van der Waals surface area (Å²) in [5.74, 6) is -0.133. The minimum Gasteiger partial charge on any atom is -0.479 e. The second-order valence-electron chi connectivity index (χ2n) is 4.91. The number of furan rings is 1. The van der Waals surface area contributed by atoms with E-state index in [0.29, 0.717) is 0 Å². The van der Waals surface area contributed by atoms with Crippen molar-refractivity contribution in [2.24, 2.45) is 0 Å². The molecule has 4 heteroatoms. The maximum absolute atomic E-state index is 10.9. The molecule has 0 aliphatic carbocycles. The number of aliphatic carboxylic acids is 1. The van der Waals surface area contributed by atoms with Gasteiger partial charge in [-0.3, -0.25) is 0 Å². The van der Waals surface area contributed by atoms with Crippen molar-refractivity contribution in [2.75, 3.05) is 0 Å². The van der Waals surface area contributed by atoms with E-state index in [1.807, 2.05) is 48.6 Å². The Hall–Kier alpha value is -2.33. The molecule has 20 heavy (non-hydrogen) atoms. The van der Waals surface area contributed by atoms with Crippen LogP contribution in [0.4, 0.5) is 0 Å². The smallest absolute Gasteiger partial charge is 0.336 e. The van der Waals surface area contributed by atoms with Gasteiger partial charge in [-0.25, -0.2) is 4.79 Å².